The number of likely N-dealkylation sites (tertiary alicyclic amines) is 1. The largest absolute Gasteiger partial charge is 0.342 e. The molecule has 0 aromatic carbocycles. The Morgan fingerprint density at radius 3 is 2.43 bits per heavy atom. The summed E-state index contributed by atoms with van der Waals surface area (Å²) >= 11 is 0. The van der Waals surface area contributed by atoms with Gasteiger partial charge in [-0.25, -0.2) is 5.32 Å². The van der Waals surface area contributed by atoms with Crippen molar-refractivity contribution in [3.63, 3.8) is 0 Å². The highest BCUT2D eigenvalue weighted by Gasteiger charge is 2.47. The lowest BCUT2D eigenvalue weighted by molar-refractivity contribution is -0.133. The van der Waals surface area contributed by atoms with Crippen LogP contribution < -0.4 is 10.6 Å². The average molecular weight is 294 g/mol. The molecule has 5 nitrogen and oxygen atoms in total. The van der Waals surface area contributed by atoms with Gasteiger partial charge < -0.3 is 4.90 Å². The molecule has 0 bridgehead atoms. The van der Waals surface area contributed by atoms with Crippen molar-refractivity contribution in [2.75, 3.05) is 13.1 Å². The molecule has 1 spiro atoms. The van der Waals surface area contributed by atoms with Gasteiger partial charge >= 0.3 is 0 Å². The third-order valence-corrected chi connectivity index (χ3v) is 4.30. The molecular weight excluding hydrogens is 266 g/mol. The van der Waals surface area contributed by atoms with Crippen molar-refractivity contribution in [2.24, 2.45) is 11.8 Å². The lowest BCUT2D eigenvalue weighted by Crippen LogP contribution is -2.56. The molecule has 0 saturated carbocycles. The Bertz CT molecular complexity index is 398. The highest BCUT2D eigenvalue weighted by atomic mass is 16.2. The smallest absolute Gasteiger partial charge is 0.260 e. The molecule has 2 fully saturated rings. The second-order valence-corrected chi connectivity index (χ2v) is 7.29. The van der Waals surface area contributed by atoms with Crippen LogP contribution in [0, 0.1) is 11.8 Å². The highest BCUT2D eigenvalue weighted by Crippen LogP contribution is 2.28. The Morgan fingerprint density at radius 2 is 1.90 bits per heavy atom. The highest BCUT2D eigenvalue weighted by molar-refractivity contribution is 5.84. The van der Waals surface area contributed by atoms with Crippen LogP contribution >= 0.6 is 0 Å². The summed E-state index contributed by atoms with van der Waals surface area (Å²) in [6, 6.07) is -0.136. The summed E-state index contributed by atoms with van der Waals surface area (Å²) in [6.45, 7) is 9.76. The summed E-state index contributed by atoms with van der Waals surface area (Å²) in [6.07, 6.45) is 2.93. The van der Waals surface area contributed by atoms with E-state index in [1.807, 2.05) is 4.90 Å². The Balaban J connectivity index is 1.89. The fraction of sp³-hybridized carbons (Fsp3) is 0.875. The Hall–Kier alpha value is -1.10. The molecule has 1 N–H and O–H groups in total. The van der Waals surface area contributed by atoms with E-state index in [9.17, 15) is 9.59 Å². The van der Waals surface area contributed by atoms with E-state index in [-0.39, 0.29) is 17.9 Å². The van der Waals surface area contributed by atoms with Crippen LogP contribution in [0.2, 0.25) is 0 Å². The molecule has 0 aliphatic carbocycles. The molecule has 1 atom stereocenters. The number of piperidine rings is 1. The van der Waals surface area contributed by atoms with E-state index in [4.69, 9.17) is 0 Å². The summed E-state index contributed by atoms with van der Waals surface area (Å²) in [5.41, 5.74) is -0.411. The molecule has 2 saturated heterocycles. The van der Waals surface area contributed by atoms with E-state index in [1.165, 1.54) is 0 Å². The maximum absolute atomic E-state index is 12.1. The first-order valence-corrected chi connectivity index (χ1v) is 8.13. The standard InChI is InChI=1S/C16H28N3O2/c1-11(2)9-13-15(21)18-16(17-13)5-7-19(8-6-16)14(20)10-12(3)4/h11-13,17H,5-10H2,1-4H3. The van der Waals surface area contributed by atoms with Gasteiger partial charge in [-0.3, -0.25) is 14.9 Å². The number of hydrogen-bond donors (Lipinski definition) is 1. The minimum Gasteiger partial charge on any atom is -0.342 e. The first-order chi connectivity index (χ1) is 9.81. The number of carbonyl (C=O) groups is 2. The Labute approximate surface area is 127 Å². The zero-order valence-electron chi connectivity index (χ0n) is 13.7. The van der Waals surface area contributed by atoms with Crippen LogP contribution in [0.5, 0.6) is 0 Å². The fourth-order valence-electron chi connectivity index (χ4n) is 3.20. The molecule has 119 valence electrons. The number of amides is 2. The molecule has 2 amide bonds. The molecule has 2 heterocycles. The van der Waals surface area contributed by atoms with E-state index in [0.717, 1.165) is 19.3 Å². The van der Waals surface area contributed by atoms with Gasteiger partial charge in [0, 0.05) is 32.4 Å². The van der Waals surface area contributed by atoms with Gasteiger partial charge in [0.15, 0.2) is 0 Å². The zero-order valence-corrected chi connectivity index (χ0v) is 13.7. The van der Waals surface area contributed by atoms with Gasteiger partial charge in [0.2, 0.25) is 5.91 Å². The molecule has 21 heavy (non-hydrogen) atoms. The number of nitrogens with one attached hydrogen (secondary N) is 1. The third kappa shape index (κ3) is 3.96. The van der Waals surface area contributed by atoms with Gasteiger partial charge in [-0.2, -0.15) is 0 Å². The topological polar surface area (TPSA) is 63.5 Å². The second-order valence-electron chi connectivity index (χ2n) is 7.29. The van der Waals surface area contributed by atoms with Crippen molar-refractivity contribution in [1.29, 1.82) is 0 Å². The number of rotatable bonds is 4. The minimum absolute atomic E-state index is 0.00865. The van der Waals surface area contributed by atoms with Crippen molar-refractivity contribution < 1.29 is 9.59 Å². The quantitative estimate of drug-likeness (QED) is 0.854. The van der Waals surface area contributed by atoms with Gasteiger partial charge in [-0.15, -0.1) is 0 Å². The van der Waals surface area contributed by atoms with E-state index in [0.29, 0.717) is 31.3 Å². The van der Waals surface area contributed by atoms with Crippen molar-refractivity contribution >= 4 is 11.8 Å². The fourth-order valence-corrected chi connectivity index (χ4v) is 3.20. The number of nitrogens with zero attached hydrogens (tertiary/aromatic N) is 2. The van der Waals surface area contributed by atoms with Crippen LogP contribution in [-0.2, 0) is 9.59 Å². The maximum Gasteiger partial charge on any atom is 0.260 e. The molecule has 2 aliphatic heterocycles. The predicted molar refractivity (Wildman–Crippen MR) is 81.5 cm³/mol. The summed E-state index contributed by atoms with van der Waals surface area (Å²) in [5, 5.41) is 7.81. The van der Waals surface area contributed by atoms with Gasteiger partial charge in [0.05, 0.1) is 6.04 Å². The summed E-state index contributed by atoms with van der Waals surface area (Å²) in [5.74, 6) is 1.08. The molecule has 5 heteroatoms. The molecular formula is C16H28N3O2. The zero-order chi connectivity index (χ0) is 15.6. The Kier molecular flexibility index (Phi) is 4.91. The van der Waals surface area contributed by atoms with Crippen LogP contribution in [0.3, 0.4) is 0 Å². The van der Waals surface area contributed by atoms with E-state index in [1.54, 1.807) is 0 Å². The van der Waals surface area contributed by atoms with Crippen LogP contribution in [0.4, 0.5) is 0 Å². The lowest BCUT2D eigenvalue weighted by atomic mass is 9.96. The van der Waals surface area contributed by atoms with Gasteiger partial charge in [0.1, 0.15) is 5.66 Å². The Morgan fingerprint density at radius 1 is 1.29 bits per heavy atom. The average Bonchev–Trinajstić information content (AvgIpc) is 2.64. The second kappa shape index (κ2) is 6.34. The SMILES string of the molecule is CC(C)CC(=O)N1CCC2(CC1)[N]C(=O)C(CC(C)C)N2. The molecule has 0 aromatic rings. The van der Waals surface area contributed by atoms with E-state index >= 15 is 0 Å². The van der Waals surface area contributed by atoms with Crippen molar-refractivity contribution in [3.8, 4) is 0 Å². The van der Waals surface area contributed by atoms with Crippen molar-refractivity contribution in [3.05, 3.63) is 0 Å². The van der Waals surface area contributed by atoms with E-state index < -0.39 is 5.66 Å². The van der Waals surface area contributed by atoms with Gasteiger partial charge in [-0.05, 0) is 18.3 Å². The van der Waals surface area contributed by atoms with Crippen molar-refractivity contribution in [1.82, 2.24) is 15.5 Å². The monoisotopic (exact) mass is 294 g/mol. The first-order valence-electron chi connectivity index (χ1n) is 8.13. The van der Waals surface area contributed by atoms with Crippen molar-refractivity contribution in [2.45, 2.75) is 65.1 Å². The molecule has 2 aliphatic rings. The van der Waals surface area contributed by atoms with Gasteiger partial charge in [0.25, 0.3) is 5.91 Å². The lowest BCUT2D eigenvalue weighted by Gasteiger charge is -2.38. The number of carbonyl (C=O) groups excluding carboxylic acids is 2. The molecule has 1 radical (unpaired) electrons. The normalized spacial score (nSPS) is 25.0. The summed E-state index contributed by atoms with van der Waals surface area (Å²) in [4.78, 5) is 26.0. The third-order valence-electron chi connectivity index (χ3n) is 4.30. The molecule has 2 rings (SSSR count). The number of hydrogen-bond acceptors (Lipinski definition) is 3. The molecule has 1 unspecified atom stereocenters. The van der Waals surface area contributed by atoms with Gasteiger partial charge in [-0.1, -0.05) is 27.7 Å². The van der Waals surface area contributed by atoms with Crippen LogP contribution in [-0.4, -0.2) is 41.5 Å². The van der Waals surface area contributed by atoms with Crippen LogP contribution in [0.25, 0.3) is 0 Å². The van der Waals surface area contributed by atoms with Crippen LogP contribution in [0.15, 0.2) is 0 Å². The maximum atomic E-state index is 12.1. The van der Waals surface area contributed by atoms with E-state index in [2.05, 4.69) is 38.3 Å². The van der Waals surface area contributed by atoms with Crippen LogP contribution in [0.1, 0.15) is 53.4 Å². The minimum atomic E-state index is -0.411. The summed E-state index contributed by atoms with van der Waals surface area (Å²) in [7, 11) is 0. The predicted octanol–water partition coefficient (Wildman–Crippen LogP) is 1.50. The summed E-state index contributed by atoms with van der Waals surface area (Å²) < 4.78 is 0. The first kappa shape index (κ1) is 16.3. The molecule has 0 aromatic heterocycles.